The van der Waals surface area contributed by atoms with Crippen LogP contribution in [0.5, 0.6) is 0 Å². The molecule has 0 amide bonds. The highest BCUT2D eigenvalue weighted by molar-refractivity contribution is 6.39. The molecule has 60 valence electrons. The second kappa shape index (κ2) is 3.44. The van der Waals surface area contributed by atoms with E-state index in [2.05, 4.69) is 11.6 Å². The van der Waals surface area contributed by atoms with Crippen LogP contribution in [-0.4, -0.2) is 12.9 Å². The summed E-state index contributed by atoms with van der Waals surface area (Å²) in [6, 6.07) is 0. The Morgan fingerprint density at radius 2 is 1.60 bits per heavy atom. The molecule has 0 aliphatic carbocycles. The van der Waals surface area contributed by atoms with Crippen LogP contribution in [0.25, 0.3) is 0 Å². The normalized spacial score (nSPS) is 15.0. The number of hydrogen-bond donors (Lipinski definition) is 0. The standard InChI is InChI=1S/C4H2Cl2F4/c5-2(1-7)3(6)4(8,9)10/h1H2/b3-2+. The Balaban J connectivity index is 4.47. The fraction of sp³-hybridized carbons (Fsp3) is 0.500. The van der Waals surface area contributed by atoms with Gasteiger partial charge in [0.2, 0.25) is 0 Å². The van der Waals surface area contributed by atoms with Gasteiger partial charge in [0.25, 0.3) is 0 Å². The summed E-state index contributed by atoms with van der Waals surface area (Å²) in [5, 5.41) is -2.62. The zero-order chi connectivity index (χ0) is 8.36. The van der Waals surface area contributed by atoms with Crippen molar-refractivity contribution in [2.75, 3.05) is 6.67 Å². The van der Waals surface area contributed by atoms with Crippen LogP contribution >= 0.6 is 23.2 Å². The Labute approximate surface area is 64.4 Å². The summed E-state index contributed by atoms with van der Waals surface area (Å²) in [5.74, 6) is 0. The third kappa shape index (κ3) is 2.75. The molecule has 0 aliphatic rings. The zero-order valence-electron chi connectivity index (χ0n) is 4.47. The molecule has 6 heteroatoms. The monoisotopic (exact) mass is 196 g/mol. The van der Waals surface area contributed by atoms with E-state index in [1.165, 1.54) is 0 Å². The molecule has 0 aromatic heterocycles. The molecule has 0 N–H and O–H groups in total. The first-order valence-corrected chi connectivity index (χ1v) is 2.82. The van der Waals surface area contributed by atoms with E-state index in [0.29, 0.717) is 0 Å². The van der Waals surface area contributed by atoms with Crippen LogP contribution in [-0.2, 0) is 0 Å². The summed E-state index contributed by atoms with van der Waals surface area (Å²) in [7, 11) is 0. The Hall–Kier alpha value is 0.0400. The molecule has 0 aromatic rings. The number of halogens is 6. The van der Waals surface area contributed by atoms with Crippen LogP contribution < -0.4 is 0 Å². The van der Waals surface area contributed by atoms with E-state index >= 15 is 0 Å². The van der Waals surface area contributed by atoms with Crippen LogP contribution in [0.1, 0.15) is 0 Å². The SMILES string of the molecule is FC/C(Cl)=C(\Cl)C(F)(F)F. The average Bonchev–Trinajstić information content (AvgIpc) is 1.83. The number of hydrogen-bond acceptors (Lipinski definition) is 0. The summed E-state index contributed by atoms with van der Waals surface area (Å²) >= 11 is 9.34. The van der Waals surface area contributed by atoms with Gasteiger partial charge in [0.05, 0.1) is 5.03 Å². The Kier molecular flexibility index (Phi) is 3.45. The molecule has 0 saturated carbocycles. The molecule has 0 fully saturated rings. The summed E-state index contributed by atoms with van der Waals surface area (Å²) < 4.78 is 45.7. The average molecular weight is 197 g/mol. The molecule has 0 bridgehead atoms. The van der Waals surface area contributed by atoms with Crippen molar-refractivity contribution in [3.63, 3.8) is 0 Å². The quantitative estimate of drug-likeness (QED) is 0.566. The van der Waals surface area contributed by atoms with Crippen molar-refractivity contribution >= 4 is 23.2 Å². The Morgan fingerprint density at radius 3 is 1.70 bits per heavy atom. The Bertz CT molecular complexity index is 148. The summed E-state index contributed by atoms with van der Waals surface area (Å²) in [6.07, 6.45) is -4.75. The van der Waals surface area contributed by atoms with Crippen LogP contribution in [0.15, 0.2) is 10.1 Å². The molecule has 0 atom stereocenters. The summed E-state index contributed by atoms with van der Waals surface area (Å²) in [4.78, 5) is 0. The van der Waals surface area contributed by atoms with Gasteiger partial charge in [-0.2, -0.15) is 13.2 Å². The highest BCUT2D eigenvalue weighted by Crippen LogP contribution is 2.32. The third-order valence-electron chi connectivity index (χ3n) is 0.604. The van der Waals surface area contributed by atoms with E-state index in [4.69, 9.17) is 11.6 Å². The van der Waals surface area contributed by atoms with Gasteiger partial charge >= 0.3 is 6.18 Å². The van der Waals surface area contributed by atoms with Gasteiger partial charge in [0.15, 0.2) is 0 Å². The molecule has 0 aliphatic heterocycles. The minimum atomic E-state index is -4.75. The van der Waals surface area contributed by atoms with E-state index in [9.17, 15) is 17.6 Å². The Morgan fingerprint density at radius 1 is 1.20 bits per heavy atom. The first-order chi connectivity index (χ1) is 4.39. The summed E-state index contributed by atoms with van der Waals surface area (Å²) in [5.41, 5.74) is 0. The van der Waals surface area contributed by atoms with Crippen LogP contribution in [0, 0.1) is 0 Å². The predicted octanol–water partition coefficient (Wildman–Crippen LogP) is 3.21. The molecule has 0 nitrogen and oxygen atoms in total. The van der Waals surface area contributed by atoms with Gasteiger partial charge in [-0.05, 0) is 0 Å². The fourth-order valence-electron chi connectivity index (χ4n) is 0.212. The first-order valence-electron chi connectivity index (χ1n) is 2.07. The van der Waals surface area contributed by atoms with Crippen molar-refractivity contribution in [2.24, 2.45) is 0 Å². The smallest absolute Gasteiger partial charge is 0.245 e. The minimum Gasteiger partial charge on any atom is -0.245 e. The van der Waals surface area contributed by atoms with Crippen LogP contribution in [0.2, 0.25) is 0 Å². The first kappa shape index (κ1) is 10.0. The van der Waals surface area contributed by atoms with Gasteiger partial charge in [-0.1, -0.05) is 23.2 Å². The fourth-order valence-corrected chi connectivity index (χ4v) is 0.370. The highest BCUT2D eigenvalue weighted by Gasteiger charge is 2.34. The molecular formula is C4H2Cl2F4. The van der Waals surface area contributed by atoms with Crippen molar-refractivity contribution in [2.45, 2.75) is 6.18 Å². The molecule has 0 saturated heterocycles. The topological polar surface area (TPSA) is 0 Å². The van der Waals surface area contributed by atoms with Crippen molar-refractivity contribution in [3.8, 4) is 0 Å². The molecule has 0 aromatic carbocycles. The van der Waals surface area contributed by atoms with Gasteiger partial charge in [-0.15, -0.1) is 0 Å². The van der Waals surface area contributed by atoms with Crippen molar-refractivity contribution in [1.82, 2.24) is 0 Å². The van der Waals surface area contributed by atoms with Crippen molar-refractivity contribution < 1.29 is 17.6 Å². The van der Waals surface area contributed by atoms with Gasteiger partial charge in [0.1, 0.15) is 11.7 Å². The maximum absolute atomic E-state index is 11.4. The largest absolute Gasteiger partial charge is 0.428 e. The highest BCUT2D eigenvalue weighted by atomic mass is 35.5. The maximum Gasteiger partial charge on any atom is 0.428 e. The van der Waals surface area contributed by atoms with Gasteiger partial charge in [-0.25, -0.2) is 4.39 Å². The van der Waals surface area contributed by atoms with E-state index in [0.717, 1.165) is 0 Å². The molecular weight excluding hydrogens is 195 g/mol. The lowest BCUT2D eigenvalue weighted by atomic mass is 10.5. The van der Waals surface area contributed by atoms with Gasteiger partial charge in [-0.3, -0.25) is 0 Å². The lowest BCUT2D eigenvalue weighted by molar-refractivity contribution is -0.0850. The minimum absolute atomic E-state index is 1.02. The van der Waals surface area contributed by atoms with Gasteiger partial charge in [0, 0.05) is 0 Å². The van der Waals surface area contributed by atoms with Crippen molar-refractivity contribution in [3.05, 3.63) is 10.1 Å². The van der Waals surface area contributed by atoms with Crippen LogP contribution in [0.3, 0.4) is 0 Å². The van der Waals surface area contributed by atoms with E-state index in [1.54, 1.807) is 0 Å². The number of rotatable bonds is 1. The molecule has 0 rings (SSSR count). The lowest BCUT2D eigenvalue weighted by Crippen LogP contribution is -2.08. The molecule has 0 heterocycles. The third-order valence-corrected chi connectivity index (χ3v) is 1.43. The molecule has 10 heavy (non-hydrogen) atoms. The molecule has 0 unspecified atom stereocenters. The lowest BCUT2D eigenvalue weighted by Gasteiger charge is -2.04. The number of allylic oxidation sites excluding steroid dienone is 2. The maximum atomic E-state index is 11.4. The second-order valence-corrected chi connectivity index (χ2v) is 2.18. The van der Waals surface area contributed by atoms with Crippen LogP contribution in [0.4, 0.5) is 17.6 Å². The molecule has 0 spiro atoms. The van der Waals surface area contributed by atoms with E-state index < -0.39 is 22.9 Å². The van der Waals surface area contributed by atoms with E-state index in [1.807, 2.05) is 0 Å². The predicted molar refractivity (Wildman–Crippen MR) is 30.8 cm³/mol. The van der Waals surface area contributed by atoms with Gasteiger partial charge < -0.3 is 0 Å². The van der Waals surface area contributed by atoms with E-state index in [-0.39, 0.29) is 0 Å². The molecule has 0 radical (unpaired) electrons. The zero-order valence-corrected chi connectivity index (χ0v) is 5.99. The second-order valence-electron chi connectivity index (χ2n) is 1.35. The number of alkyl halides is 4. The van der Waals surface area contributed by atoms with Crippen molar-refractivity contribution in [1.29, 1.82) is 0 Å². The summed E-state index contributed by atoms with van der Waals surface area (Å²) in [6.45, 7) is -1.40.